The summed E-state index contributed by atoms with van der Waals surface area (Å²) in [5, 5.41) is 6.12. The molecule has 0 bridgehead atoms. The van der Waals surface area contributed by atoms with E-state index in [1.54, 1.807) is 7.05 Å². The Morgan fingerprint density at radius 2 is 2.00 bits per heavy atom. The van der Waals surface area contributed by atoms with Gasteiger partial charge in [0, 0.05) is 49.2 Å². The molecule has 0 radical (unpaired) electrons. The maximum absolute atomic E-state index is 12.0. The maximum Gasteiger partial charge on any atom is 0.288 e. The van der Waals surface area contributed by atoms with Crippen molar-refractivity contribution >= 4 is 17.5 Å². The Labute approximate surface area is 159 Å². The Hall–Kier alpha value is -2.77. The summed E-state index contributed by atoms with van der Waals surface area (Å²) in [6.07, 6.45) is 1.86. The molecule has 144 valence electrons. The SMILES string of the molecule is CCc1cc(N[C@@H]2CCN(c3nc(C(=O)NC)nc(C)c3C)C2)nc(C)n1. The second-order valence-corrected chi connectivity index (χ2v) is 6.88. The van der Waals surface area contributed by atoms with E-state index in [4.69, 9.17) is 0 Å². The van der Waals surface area contributed by atoms with Crippen molar-refractivity contribution in [1.29, 1.82) is 0 Å². The van der Waals surface area contributed by atoms with Crippen LogP contribution in [-0.4, -0.2) is 52.0 Å². The van der Waals surface area contributed by atoms with Gasteiger partial charge in [0.2, 0.25) is 5.82 Å². The minimum absolute atomic E-state index is 0.214. The van der Waals surface area contributed by atoms with Gasteiger partial charge in [-0.05, 0) is 33.6 Å². The molecule has 0 saturated carbocycles. The summed E-state index contributed by atoms with van der Waals surface area (Å²) >= 11 is 0. The first kappa shape index (κ1) is 19.0. The lowest BCUT2D eigenvalue weighted by atomic mass is 10.2. The monoisotopic (exact) mass is 369 g/mol. The van der Waals surface area contributed by atoms with E-state index in [2.05, 4.69) is 42.4 Å². The van der Waals surface area contributed by atoms with Crippen LogP contribution < -0.4 is 15.5 Å². The van der Waals surface area contributed by atoms with Crippen LogP contribution in [0.15, 0.2) is 6.07 Å². The van der Waals surface area contributed by atoms with Crippen LogP contribution in [0.3, 0.4) is 0 Å². The van der Waals surface area contributed by atoms with E-state index in [1.807, 2.05) is 26.8 Å². The molecule has 3 rings (SSSR count). The van der Waals surface area contributed by atoms with Crippen molar-refractivity contribution in [2.75, 3.05) is 30.4 Å². The fourth-order valence-electron chi connectivity index (χ4n) is 3.30. The first-order chi connectivity index (χ1) is 12.9. The van der Waals surface area contributed by atoms with E-state index in [0.717, 1.165) is 60.3 Å². The molecule has 1 aliphatic rings. The largest absolute Gasteiger partial charge is 0.365 e. The fourth-order valence-corrected chi connectivity index (χ4v) is 3.30. The first-order valence-corrected chi connectivity index (χ1v) is 9.34. The van der Waals surface area contributed by atoms with Crippen molar-refractivity contribution in [2.45, 2.75) is 46.6 Å². The molecule has 2 aromatic heterocycles. The third-order valence-corrected chi connectivity index (χ3v) is 4.89. The number of aryl methyl sites for hydroxylation is 3. The van der Waals surface area contributed by atoms with Crippen molar-refractivity contribution < 1.29 is 4.79 Å². The summed E-state index contributed by atoms with van der Waals surface area (Å²) in [7, 11) is 1.59. The van der Waals surface area contributed by atoms with E-state index >= 15 is 0 Å². The summed E-state index contributed by atoms with van der Waals surface area (Å²) in [5.41, 5.74) is 2.88. The Bertz CT molecular complexity index is 852. The van der Waals surface area contributed by atoms with Crippen molar-refractivity contribution in [1.82, 2.24) is 25.3 Å². The van der Waals surface area contributed by atoms with Crippen LogP contribution in [0.25, 0.3) is 0 Å². The van der Waals surface area contributed by atoms with E-state index in [9.17, 15) is 4.79 Å². The molecule has 1 aliphatic heterocycles. The Morgan fingerprint density at radius 1 is 1.22 bits per heavy atom. The highest BCUT2D eigenvalue weighted by molar-refractivity contribution is 5.90. The third-order valence-electron chi connectivity index (χ3n) is 4.89. The van der Waals surface area contributed by atoms with Crippen molar-refractivity contribution in [3.63, 3.8) is 0 Å². The van der Waals surface area contributed by atoms with Gasteiger partial charge in [-0.3, -0.25) is 4.79 Å². The highest BCUT2D eigenvalue weighted by atomic mass is 16.2. The number of aromatic nitrogens is 4. The molecule has 8 nitrogen and oxygen atoms in total. The van der Waals surface area contributed by atoms with E-state index in [1.165, 1.54) is 0 Å². The number of amides is 1. The van der Waals surface area contributed by atoms with Gasteiger partial charge in [0.15, 0.2) is 0 Å². The zero-order chi connectivity index (χ0) is 19.6. The molecule has 0 unspecified atom stereocenters. The molecular formula is C19H27N7O. The van der Waals surface area contributed by atoms with Gasteiger partial charge in [0.1, 0.15) is 17.5 Å². The minimum atomic E-state index is -0.267. The standard InChI is InChI=1S/C19H27N7O/c1-6-14-9-16(23-13(4)22-14)24-15-7-8-26(10-15)18-11(2)12(3)21-17(25-18)19(27)20-5/h9,15H,6-8,10H2,1-5H3,(H,20,27)(H,22,23,24)/t15-/m1/s1. The lowest BCUT2D eigenvalue weighted by Crippen LogP contribution is -2.29. The first-order valence-electron chi connectivity index (χ1n) is 9.34. The molecule has 0 aromatic carbocycles. The van der Waals surface area contributed by atoms with E-state index in [0.29, 0.717) is 0 Å². The molecule has 2 N–H and O–H groups in total. The number of nitrogens with one attached hydrogen (secondary N) is 2. The number of nitrogens with zero attached hydrogens (tertiary/aromatic N) is 5. The predicted molar refractivity (Wildman–Crippen MR) is 105 cm³/mol. The number of carbonyl (C=O) groups is 1. The van der Waals surface area contributed by atoms with Crippen LogP contribution in [0.1, 0.15) is 46.7 Å². The van der Waals surface area contributed by atoms with Crippen LogP contribution in [0.5, 0.6) is 0 Å². The quantitative estimate of drug-likeness (QED) is 0.830. The number of carbonyl (C=O) groups excluding carboxylic acids is 1. The van der Waals surface area contributed by atoms with Gasteiger partial charge < -0.3 is 15.5 Å². The van der Waals surface area contributed by atoms with Crippen molar-refractivity contribution in [2.24, 2.45) is 0 Å². The Balaban J connectivity index is 1.77. The van der Waals surface area contributed by atoms with E-state index < -0.39 is 0 Å². The average Bonchev–Trinajstić information content (AvgIpc) is 3.10. The van der Waals surface area contributed by atoms with Gasteiger partial charge in [0.25, 0.3) is 5.91 Å². The molecular weight excluding hydrogens is 342 g/mol. The molecule has 2 aromatic rings. The highest BCUT2D eigenvalue weighted by Gasteiger charge is 2.26. The van der Waals surface area contributed by atoms with Gasteiger partial charge in [-0.1, -0.05) is 6.92 Å². The lowest BCUT2D eigenvalue weighted by molar-refractivity contribution is 0.0952. The van der Waals surface area contributed by atoms with Crippen molar-refractivity contribution in [3.8, 4) is 0 Å². The molecule has 1 amide bonds. The molecule has 3 heterocycles. The second kappa shape index (κ2) is 7.85. The number of hydrogen-bond donors (Lipinski definition) is 2. The van der Waals surface area contributed by atoms with Crippen LogP contribution in [-0.2, 0) is 6.42 Å². The summed E-state index contributed by atoms with van der Waals surface area (Å²) in [6.45, 7) is 9.59. The number of anilines is 2. The third kappa shape index (κ3) is 4.15. The number of hydrogen-bond acceptors (Lipinski definition) is 7. The number of rotatable bonds is 5. The minimum Gasteiger partial charge on any atom is -0.365 e. The van der Waals surface area contributed by atoms with Gasteiger partial charge in [-0.15, -0.1) is 0 Å². The Kier molecular flexibility index (Phi) is 5.53. The summed E-state index contributed by atoms with van der Waals surface area (Å²) in [6, 6.07) is 2.28. The second-order valence-electron chi connectivity index (χ2n) is 6.88. The van der Waals surface area contributed by atoms with Gasteiger partial charge in [-0.25, -0.2) is 19.9 Å². The topological polar surface area (TPSA) is 95.9 Å². The molecule has 1 saturated heterocycles. The molecule has 1 fully saturated rings. The maximum atomic E-state index is 12.0. The summed E-state index contributed by atoms with van der Waals surface area (Å²) < 4.78 is 0. The molecule has 1 atom stereocenters. The average molecular weight is 369 g/mol. The van der Waals surface area contributed by atoms with E-state index in [-0.39, 0.29) is 17.8 Å². The van der Waals surface area contributed by atoms with Crippen LogP contribution >= 0.6 is 0 Å². The zero-order valence-corrected chi connectivity index (χ0v) is 16.6. The molecule has 0 aliphatic carbocycles. The molecule has 0 spiro atoms. The van der Waals surface area contributed by atoms with Crippen LogP contribution in [0.4, 0.5) is 11.6 Å². The zero-order valence-electron chi connectivity index (χ0n) is 16.6. The van der Waals surface area contributed by atoms with Gasteiger partial charge in [-0.2, -0.15) is 0 Å². The Morgan fingerprint density at radius 3 is 2.70 bits per heavy atom. The fraction of sp³-hybridized carbons (Fsp3) is 0.526. The van der Waals surface area contributed by atoms with Crippen LogP contribution in [0.2, 0.25) is 0 Å². The van der Waals surface area contributed by atoms with Crippen molar-refractivity contribution in [3.05, 3.63) is 34.7 Å². The van der Waals surface area contributed by atoms with Gasteiger partial charge >= 0.3 is 0 Å². The molecule has 8 heteroatoms. The smallest absolute Gasteiger partial charge is 0.288 e. The normalized spacial score (nSPS) is 16.5. The molecule has 27 heavy (non-hydrogen) atoms. The lowest BCUT2D eigenvalue weighted by Gasteiger charge is -2.21. The van der Waals surface area contributed by atoms with Gasteiger partial charge in [0.05, 0.1) is 0 Å². The summed E-state index contributed by atoms with van der Waals surface area (Å²) in [4.78, 5) is 31.9. The predicted octanol–water partition coefficient (Wildman–Crippen LogP) is 1.80. The summed E-state index contributed by atoms with van der Waals surface area (Å²) in [5.74, 6) is 2.43. The highest BCUT2D eigenvalue weighted by Crippen LogP contribution is 2.25. The van der Waals surface area contributed by atoms with Crippen LogP contribution in [0, 0.1) is 20.8 Å².